The molecule has 0 spiro atoms. The number of fused-ring (bicyclic) bond motifs is 3. The van der Waals surface area contributed by atoms with Gasteiger partial charge in [-0.05, 0) is 66.0 Å². The highest BCUT2D eigenvalue weighted by Crippen LogP contribution is 2.41. The summed E-state index contributed by atoms with van der Waals surface area (Å²) in [5.74, 6) is -0.700. The average Bonchev–Trinajstić information content (AvgIpc) is 3.45. The molecule has 2 aromatic heterocycles. The first-order chi connectivity index (χ1) is 18.4. The molecule has 13 heteroatoms. The summed E-state index contributed by atoms with van der Waals surface area (Å²) < 4.78 is 45.5. The number of halogens is 3. The highest BCUT2D eigenvalue weighted by atomic mass is 32.1. The molecule has 1 aromatic carbocycles. The maximum atomic E-state index is 13.5. The molecule has 1 aliphatic rings. The number of aryl methyl sites for hydroxylation is 2. The van der Waals surface area contributed by atoms with Gasteiger partial charge in [-0.2, -0.15) is 13.2 Å². The number of aliphatic carboxylic acids is 1. The van der Waals surface area contributed by atoms with Gasteiger partial charge in [-0.1, -0.05) is 0 Å². The molecule has 9 nitrogen and oxygen atoms in total. The first-order valence-electron chi connectivity index (χ1n) is 12.5. The Morgan fingerprint density at radius 3 is 2.25 bits per heavy atom. The monoisotopic (exact) mass is 582 g/mol. The lowest BCUT2D eigenvalue weighted by molar-refractivity contribution is -0.192. The molecule has 4 rings (SSSR count). The molecular weight excluding hydrogens is 549 g/mol. The molecule has 1 N–H and O–H groups in total. The van der Waals surface area contributed by atoms with E-state index in [1.807, 2.05) is 66.9 Å². The van der Waals surface area contributed by atoms with Gasteiger partial charge in [0.25, 0.3) is 5.91 Å². The number of ether oxygens (including phenoxy) is 2. The van der Waals surface area contributed by atoms with Crippen molar-refractivity contribution in [2.75, 3.05) is 14.2 Å². The number of imidazole rings is 1. The van der Waals surface area contributed by atoms with E-state index >= 15 is 0 Å². The fourth-order valence-corrected chi connectivity index (χ4v) is 4.72. The first-order valence-corrected chi connectivity index (χ1v) is 13.3. The van der Waals surface area contributed by atoms with E-state index < -0.39 is 12.1 Å². The van der Waals surface area contributed by atoms with Crippen molar-refractivity contribution in [1.29, 1.82) is 0 Å². The Morgan fingerprint density at radius 1 is 1.15 bits per heavy atom. The van der Waals surface area contributed by atoms with Gasteiger partial charge in [-0.25, -0.2) is 14.8 Å². The molecular formula is C27H33F3N4O5S. The highest BCUT2D eigenvalue weighted by Gasteiger charge is 2.38. The van der Waals surface area contributed by atoms with Crippen molar-refractivity contribution < 1.29 is 37.3 Å². The van der Waals surface area contributed by atoms with Crippen LogP contribution in [0.3, 0.4) is 0 Å². The van der Waals surface area contributed by atoms with Gasteiger partial charge in [0, 0.05) is 24.8 Å². The molecule has 1 amide bonds. The van der Waals surface area contributed by atoms with Crippen molar-refractivity contribution in [3.63, 3.8) is 0 Å². The number of methoxy groups -OCH3 is 1. The van der Waals surface area contributed by atoms with Crippen LogP contribution in [-0.2, 0) is 17.6 Å². The fourth-order valence-electron chi connectivity index (χ4n) is 3.97. The fraction of sp³-hybridized carbons (Fsp3) is 0.481. The summed E-state index contributed by atoms with van der Waals surface area (Å²) in [7, 11) is 3.49. The maximum absolute atomic E-state index is 13.5. The predicted molar refractivity (Wildman–Crippen MR) is 145 cm³/mol. The minimum Gasteiger partial charge on any atom is -0.493 e. The van der Waals surface area contributed by atoms with Gasteiger partial charge in [0.15, 0.2) is 23.0 Å². The van der Waals surface area contributed by atoms with Crippen molar-refractivity contribution in [2.45, 2.75) is 72.2 Å². The van der Waals surface area contributed by atoms with Gasteiger partial charge in [0.05, 0.1) is 34.5 Å². The Bertz CT molecular complexity index is 1410. The number of carbonyl (C=O) groups is 2. The number of carbonyl (C=O) groups excluding carboxylic acids is 1. The summed E-state index contributed by atoms with van der Waals surface area (Å²) in [5.41, 5.74) is 3.22. The van der Waals surface area contributed by atoms with Crippen LogP contribution in [-0.4, -0.2) is 68.4 Å². The van der Waals surface area contributed by atoms with E-state index in [9.17, 15) is 18.0 Å². The van der Waals surface area contributed by atoms with Gasteiger partial charge in [0.1, 0.15) is 0 Å². The molecule has 0 fully saturated rings. The average molecular weight is 583 g/mol. The third-order valence-corrected chi connectivity index (χ3v) is 7.08. The number of carboxylic acid groups (broad SMARTS) is 1. The van der Waals surface area contributed by atoms with E-state index in [0.717, 1.165) is 39.1 Å². The number of hydrogen-bond donors (Lipinski definition) is 1. The lowest BCUT2D eigenvalue weighted by Gasteiger charge is -2.32. The molecule has 0 unspecified atom stereocenters. The van der Waals surface area contributed by atoms with E-state index in [2.05, 4.69) is 9.55 Å². The zero-order valence-corrected chi connectivity index (χ0v) is 24.5. The van der Waals surface area contributed by atoms with E-state index in [0.29, 0.717) is 23.6 Å². The van der Waals surface area contributed by atoms with Crippen LogP contribution < -0.4 is 9.47 Å². The number of rotatable bonds is 5. The lowest BCUT2D eigenvalue weighted by atomic mass is 9.98. The van der Waals surface area contributed by atoms with Crippen LogP contribution >= 0.6 is 11.3 Å². The second-order valence-electron chi connectivity index (χ2n) is 10.4. The summed E-state index contributed by atoms with van der Waals surface area (Å²) in [6.45, 7) is 12.0. The normalized spacial score (nSPS) is 12.7. The van der Waals surface area contributed by atoms with Crippen LogP contribution in [0.5, 0.6) is 11.5 Å². The summed E-state index contributed by atoms with van der Waals surface area (Å²) >= 11 is 1.57. The zero-order valence-electron chi connectivity index (χ0n) is 23.6. The predicted octanol–water partition coefficient (Wildman–Crippen LogP) is 5.70. The minimum absolute atomic E-state index is 0.00369. The SMILES string of the molecule is COc1cc2c(cc1OC(C)C)-n1c(-c3cnc(C)s3)nc(C(=O)N(C)C(C)(C)C)c1CC2.O=C(O)C(F)(F)F. The topological polar surface area (TPSA) is 107 Å². The van der Waals surface area contributed by atoms with Gasteiger partial charge in [-0.15, -0.1) is 11.3 Å². The van der Waals surface area contributed by atoms with Crippen molar-refractivity contribution >= 4 is 23.2 Å². The Morgan fingerprint density at radius 2 is 1.77 bits per heavy atom. The van der Waals surface area contributed by atoms with Gasteiger partial charge >= 0.3 is 12.1 Å². The van der Waals surface area contributed by atoms with Crippen molar-refractivity contribution in [3.8, 4) is 27.9 Å². The molecule has 0 bridgehead atoms. The van der Waals surface area contributed by atoms with Crippen LogP contribution in [0.2, 0.25) is 0 Å². The first kappa shape index (κ1) is 30.9. The number of aromatic nitrogens is 3. The second-order valence-corrected chi connectivity index (χ2v) is 11.7. The number of hydrogen-bond acceptors (Lipinski definition) is 7. The molecule has 0 saturated heterocycles. The van der Waals surface area contributed by atoms with E-state index in [1.54, 1.807) is 23.3 Å². The summed E-state index contributed by atoms with van der Waals surface area (Å²) in [4.78, 5) is 34.5. The highest BCUT2D eigenvalue weighted by molar-refractivity contribution is 7.15. The number of nitrogens with zero attached hydrogens (tertiary/aromatic N) is 4. The summed E-state index contributed by atoms with van der Waals surface area (Å²) in [6.07, 6.45) is -1.74. The molecule has 218 valence electrons. The quantitative estimate of drug-likeness (QED) is 0.411. The van der Waals surface area contributed by atoms with Crippen LogP contribution in [0.1, 0.15) is 61.4 Å². The number of thiazole rings is 1. The summed E-state index contributed by atoms with van der Waals surface area (Å²) in [6, 6.07) is 4.05. The number of amides is 1. The van der Waals surface area contributed by atoms with E-state index in [1.165, 1.54) is 0 Å². The smallest absolute Gasteiger partial charge is 0.490 e. The molecule has 0 radical (unpaired) electrons. The largest absolute Gasteiger partial charge is 0.493 e. The van der Waals surface area contributed by atoms with Crippen molar-refractivity contribution in [3.05, 3.63) is 40.3 Å². The van der Waals surface area contributed by atoms with Crippen LogP contribution in [0.25, 0.3) is 16.4 Å². The number of alkyl halides is 3. The molecule has 1 aliphatic heterocycles. The van der Waals surface area contributed by atoms with Crippen LogP contribution in [0.15, 0.2) is 18.3 Å². The number of carboxylic acids is 1. The second kappa shape index (κ2) is 11.5. The molecule has 0 aliphatic carbocycles. The van der Waals surface area contributed by atoms with Crippen molar-refractivity contribution in [2.24, 2.45) is 0 Å². The Labute approximate surface area is 234 Å². The van der Waals surface area contributed by atoms with Gasteiger partial charge in [-0.3, -0.25) is 9.36 Å². The molecule has 40 heavy (non-hydrogen) atoms. The van der Waals surface area contributed by atoms with Crippen LogP contribution in [0, 0.1) is 6.92 Å². The molecule has 3 heterocycles. The lowest BCUT2D eigenvalue weighted by Crippen LogP contribution is -2.43. The number of benzene rings is 1. The van der Waals surface area contributed by atoms with Gasteiger partial charge < -0.3 is 19.5 Å². The Hall–Kier alpha value is -3.61. The molecule has 3 aromatic rings. The van der Waals surface area contributed by atoms with Gasteiger partial charge in [0.2, 0.25) is 0 Å². The standard InChI is InChI=1S/C25H32N4O3S.C2HF3O2/c1-14(2)32-20-12-18-16(11-19(20)31-8)9-10-17-22(24(30)28(7)25(4,5)6)27-23(29(17)18)21-13-26-15(3)33-21;3-2(4,5)1(6)7/h11-14H,9-10H2,1-8H3;(H,6,7). The Balaban J connectivity index is 0.000000559. The van der Waals surface area contributed by atoms with E-state index in [-0.39, 0.29) is 17.6 Å². The Kier molecular flexibility index (Phi) is 8.87. The van der Waals surface area contributed by atoms with Crippen molar-refractivity contribution in [1.82, 2.24) is 19.4 Å². The van der Waals surface area contributed by atoms with E-state index in [4.69, 9.17) is 24.4 Å². The molecule has 0 saturated carbocycles. The summed E-state index contributed by atoms with van der Waals surface area (Å²) in [5, 5.41) is 8.08. The molecule has 0 atom stereocenters. The third kappa shape index (κ3) is 6.57. The third-order valence-electron chi connectivity index (χ3n) is 6.17. The zero-order chi connectivity index (χ0) is 30.2. The van der Waals surface area contributed by atoms with Crippen LogP contribution in [0.4, 0.5) is 13.2 Å². The maximum Gasteiger partial charge on any atom is 0.490 e. The minimum atomic E-state index is -5.08.